The summed E-state index contributed by atoms with van der Waals surface area (Å²) < 4.78 is 0. The summed E-state index contributed by atoms with van der Waals surface area (Å²) >= 11 is 0. The van der Waals surface area contributed by atoms with Gasteiger partial charge in [-0.1, -0.05) is 32.8 Å². The summed E-state index contributed by atoms with van der Waals surface area (Å²) in [6.07, 6.45) is 9.65. The quantitative estimate of drug-likeness (QED) is 0.520. The minimum absolute atomic E-state index is 0.562. The van der Waals surface area contributed by atoms with Gasteiger partial charge in [0.1, 0.15) is 6.29 Å². The Balaban J connectivity index is 2.81. The SMILES string of the molecule is CCCCN(CCCC)C1=CC(O)(O)C(C=O)C=C1. The third-order valence-corrected chi connectivity index (χ3v) is 3.40. The van der Waals surface area contributed by atoms with Crippen molar-refractivity contribution in [2.75, 3.05) is 13.1 Å². The van der Waals surface area contributed by atoms with Crippen molar-refractivity contribution < 1.29 is 15.0 Å². The fourth-order valence-electron chi connectivity index (χ4n) is 2.12. The largest absolute Gasteiger partial charge is 0.372 e. The third kappa shape index (κ3) is 4.48. The summed E-state index contributed by atoms with van der Waals surface area (Å²) in [6.45, 7) is 6.06. The standard InChI is InChI=1S/C15H25NO3/c1-3-5-9-16(10-6-4-2)14-8-7-13(12-17)15(18,19)11-14/h7-8,11-13,18-19H,3-6,9-10H2,1-2H3. The Labute approximate surface area is 115 Å². The zero-order chi connectivity index (χ0) is 14.3. The molecule has 4 heteroatoms. The minimum Gasteiger partial charge on any atom is -0.372 e. The number of aldehydes is 1. The second-order valence-corrected chi connectivity index (χ2v) is 5.07. The average Bonchev–Trinajstić information content (AvgIpc) is 2.38. The number of hydrogen-bond acceptors (Lipinski definition) is 4. The van der Waals surface area contributed by atoms with Gasteiger partial charge >= 0.3 is 0 Å². The Morgan fingerprint density at radius 3 is 2.26 bits per heavy atom. The van der Waals surface area contributed by atoms with Crippen molar-refractivity contribution in [1.82, 2.24) is 4.90 Å². The van der Waals surface area contributed by atoms with Crippen LogP contribution in [-0.4, -0.2) is 40.3 Å². The van der Waals surface area contributed by atoms with E-state index in [1.165, 1.54) is 6.08 Å². The van der Waals surface area contributed by atoms with E-state index in [0.717, 1.165) is 44.5 Å². The van der Waals surface area contributed by atoms with Gasteiger partial charge in [0.15, 0.2) is 5.79 Å². The molecule has 0 bridgehead atoms. The molecule has 0 aliphatic heterocycles. The molecule has 108 valence electrons. The third-order valence-electron chi connectivity index (χ3n) is 3.40. The highest BCUT2D eigenvalue weighted by atomic mass is 16.5. The molecule has 2 N–H and O–H groups in total. The summed E-state index contributed by atoms with van der Waals surface area (Å²) in [5.41, 5.74) is 0.796. The number of nitrogens with zero attached hydrogens (tertiary/aromatic N) is 1. The van der Waals surface area contributed by atoms with Crippen LogP contribution in [-0.2, 0) is 4.79 Å². The number of aliphatic hydroxyl groups is 2. The molecule has 0 aromatic rings. The molecule has 0 heterocycles. The van der Waals surface area contributed by atoms with E-state index in [9.17, 15) is 15.0 Å². The first-order valence-corrected chi connectivity index (χ1v) is 7.11. The predicted molar refractivity (Wildman–Crippen MR) is 75.3 cm³/mol. The number of carbonyl (C=O) groups is 1. The molecule has 4 nitrogen and oxygen atoms in total. The first-order valence-electron chi connectivity index (χ1n) is 7.11. The monoisotopic (exact) mass is 267 g/mol. The molecule has 19 heavy (non-hydrogen) atoms. The Morgan fingerprint density at radius 2 is 1.84 bits per heavy atom. The van der Waals surface area contributed by atoms with Crippen LogP contribution in [0.25, 0.3) is 0 Å². The number of unbranched alkanes of at least 4 members (excludes halogenated alkanes) is 2. The van der Waals surface area contributed by atoms with Crippen LogP contribution in [0.4, 0.5) is 0 Å². The van der Waals surface area contributed by atoms with Crippen LogP contribution in [0.15, 0.2) is 23.9 Å². The zero-order valence-corrected chi connectivity index (χ0v) is 11.9. The number of hydrogen-bond donors (Lipinski definition) is 2. The first-order chi connectivity index (χ1) is 9.05. The Morgan fingerprint density at radius 1 is 1.26 bits per heavy atom. The van der Waals surface area contributed by atoms with Gasteiger partial charge in [-0.2, -0.15) is 0 Å². The summed E-state index contributed by atoms with van der Waals surface area (Å²) in [4.78, 5) is 12.9. The van der Waals surface area contributed by atoms with E-state index in [2.05, 4.69) is 18.7 Å². The molecule has 0 amide bonds. The van der Waals surface area contributed by atoms with Gasteiger partial charge in [-0.05, 0) is 25.0 Å². The topological polar surface area (TPSA) is 60.8 Å². The van der Waals surface area contributed by atoms with Crippen LogP contribution in [0.1, 0.15) is 39.5 Å². The number of allylic oxidation sites excluding steroid dienone is 1. The molecular formula is C15H25NO3. The van der Waals surface area contributed by atoms with Crippen LogP contribution < -0.4 is 0 Å². The first kappa shape index (κ1) is 15.9. The van der Waals surface area contributed by atoms with Gasteiger partial charge in [-0.3, -0.25) is 0 Å². The molecular weight excluding hydrogens is 242 g/mol. The van der Waals surface area contributed by atoms with Gasteiger partial charge in [-0.15, -0.1) is 0 Å². The fraction of sp³-hybridized carbons (Fsp3) is 0.667. The summed E-state index contributed by atoms with van der Waals surface area (Å²) in [5.74, 6) is -2.95. The van der Waals surface area contributed by atoms with E-state index < -0.39 is 11.7 Å². The van der Waals surface area contributed by atoms with Crippen LogP contribution in [0.3, 0.4) is 0 Å². The van der Waals surface area contributed by atoms with Gasteiger partial charge in [-0.25, -0.2) is 0 Å². The van der Waals surface area contributed by atoms with Crippen molar-refractivity contribution in [2.24, 2.45) is 5.92 Å². The highest BCUT2D eigenvalue weighted by Gasteiger charge is 2.33. The smallest absolute Gasteiger partial charge is 0.198 e. The van der Waals surface area contributed by atoms with Crippen LogP contribution in [0, 0.1) is 5.92 Å². The van der Waals surface area contributed by atoms with E-state index in [0.29, 0.717) is 6.29 Å². The highest BCUT2D eigenvalue weighted by Crippen LogP contribution is 2.25. The van der Waals surface area contributed by atoms with Gasteiger partial charge in [0.05, 0.1) is 5.92 Å². The second-order valence-electron chi connectivity index (χ2n) is 5.07. The lowest BCUT2D eigenvalue weighted by atomic mass is 9.93. The maximum atomic E-state index is 10.8. The van der Waals surface area contributed by atoms with E-state index in [1.807, 2.05) is 6.08 Å². The van der Waals surface area contributed by atoms with Crippen molar-refractivity contribution in [1.29, 1.82) is 0 Å². The van der Waals surface area contributed by atoms with Gasteiger partial charge in [0.2, 0.25) is 0 Å². The highest BCUT2D eigenvalue weighted by molar-refractivity contribution is 5.60. The van der Waals surface area contributed by atoms with Crippen LogP contribution in [0.5, 0.6) is 0 Å². The Hall–Kier alpha value is -1.13. The number of rotatable bonds is 8. The number of carbonyl (C=O) groups excluding carboxylic acids is 1. The van der Waals surface area contributed by atoms with Crippen molar-refractivity contribution in [3.8, 4) is 0 Å². The van der Waals surface area contributed by atoms with Gasteiger partial charge in [0.25, 0.3) is 0 Å². The maximum absolute atomic E-state index is 10.8. The van der Waals surface area contributed by atoms with Crippen molar-refractivity contribution in [2.45, 2.75) is 45.3 Å². The maximum Gasteiger partial charge on any atom is 0.198 e. The lowest BCUT2D eigenvalue weighted by Crippen LogP contribution is -2.39. The molecule has 1 aliphatic carbocycles. The molecule has 0 fully saturated rings. The molecule has 0 saturated carbocycles. The molecule has 0 spiro atoms. The van der Waals surface area contributed by atoms with Gasteiger partial charge in [0, 0.05) is 18.8 Å². The zero-order valence-electron chi connectivity index (χ0n) is 11.9. The van der Waals surface area contributed by atoms with Crippen molar-refractivity contribution in [3.05, 3.63) is 23.9 Å². The average molecular weight is 267 g/mol. The molecule has 0 saturated heterocycles. The molecule has 0 aromatic heterocycles. The van der Waals surface area contributed by atoms with Crippen molar-refractivity contribution >= 4 is 6.29 Å². The van der Waals surface area contributed by atoms with Crippen LogP contribution >= 0.6 is 0 Å². The molecule has 0 aromatic carbocycles. The Bertz CT molecular complexity index is 339. The summed E-state index contributed by atoms with van der Waals surface area (Å²) in [5, 5.41) is 19.7. The second kappa shape index (κ2) is 7.46. The summed E-state index contributed by atoms with van der Waals surface area (Å²) in [7, 11) is 0. The summed E-state index contributed by atoms with van der Waals surface area (Å²) in [6, 6.07) is 0. The van der Waals surface area contributed by atoms with E-state index in [-0.39, 0.29) is 0 Å². The fourth-order valence-corrected chi connectivity index (χ4v) is 2.12. The van der Waals surface area contributed by atoms with Crippen LogP contribution in [0.2, 0.25) is 0 Å². The van der Waals surface area contributed by atoms with E-state index in [4.69, 9.17) is 0 Å². The lowest BCUT2D eigenvalue weighted by Gasteiger charge is -2.32. The lowest BCUT2D eigenvalue weighted by molar-refractivity contribution is -0.155. The van der Waals surface area contributed by atoms with E-state index >= 15 is 0 Å². The predicted octanol–water partition coefficient (Wildman–Crippen LogP) is 1.84. The molecule has 0 radical (unpaired) electrons. The van der Waals surface area contributed by atoms with Gasteiger partial charge < -0.3 is 19.9 Å². The molecule has 1 aliphatic rings. The molecule has 1 atom stereocenters. The molecule has 1 unspecified atom stereocenters. The van der Waals surface area contributed by atoms with E-state index in [1.54, 1.807) is 6.08 Å². The molecule has 1 rings (SSSR count). The Kier molecular flexibility index (Phi) is 6.25. The normalized spacial score (nSPS) is 21.1. The minimum atomic E-state index is -2.07. The van der Waals surface area contributed by atoms with Crippen molar-refractivity contribution in [3.63, 3.8) is 0 Å².